The summed E-state index contributed by atoms with van der Waals surface area (Å²) < 4.78 is 0. The normalized spacial score (nSPS) is 11.4. The van der Waals surface area contributed by atoms with Crippen LogP contribution in [-0.2, 0) is 19.4 Å². The van der Waals surface area contributed by atoms with Gasteiger partial charge in [-0.3, -0.25) is 4.98 Å². The fourth-order valence-corrected chi connectivity index (χ4v) is 3.35. The highest BCUT2D eigenvalue weighted by atomic mass is 15.0. The Bertz CT molecular complexity index is 885. The summed E-state index contributed by atoms with van der Waals surface area (Å²) in [5.41, 5.74) is 12.7. The van der Waals surface area contributed by atoms with Crippen LogP contribution < -0.4 is 5.73 Å². The lowest BCUT2D eigenvalue weighted by Gasteiger charge is -2.10. The standard InChI is InChI=1S/C23H30N4/c1-4-5-6-7-19-15-22-21(26-23(19)24)13-12-20(25-22)14-17-8-10-18(11-9-17)16-27(2)3/h8-13,15H,4-7,14,16H2,1-3H3,(H2,24,26). The van der Waals surface area contributed by atoms with Crippen molar-refractivity contribution >= 4 is 16.9 Å². The molecule has 0 bridgehead atoms. The van der Waals surface area contributed by atoms with Gasteiger partial charge in [0, 0.05) is 18.7 Å². The molecular weight excluding hydrogens is 332 g/mol. The van der Waals surface area contributed by atoms with Gasteiger partial charge in [-0.25, -0.2) is 4.98 Å². The van der Waals surface area contributed by atoms with Crippen LogP contribution in [0.15, 0.2) is 42.5 Å². The van der Waals surface area contributed by atoms with E-state index in [4.69, 9.17) is 10.7 Å². The molecule has 0 radical (unpaired) electrons. The van der Waals surface area contributed by atoms with Gasteiger partial charge in [-0.1, -0.05) is 44.0 Å². The van der Waals surface area contributed by atoms with Gasteiger partial charge >= 0.3 is 0 Å². The number of anilines is 1. The predicted molar refractivity (Wildman–Crippen MR) is 114 cm³/mol. The highest BCUT2D eigenvalue weighted by Crippen LogP contribution is 2.20. The van der Waals surface area contributed by atoms with Crippen LogP contribution in [-0.4, -0.2) is 29.0 Å². The van der Waals surface area contributed by atoms with Gasteiger partial charge in [-0.2, -0.15) is 0 Å². The van der Waals surface area contributed by atoms with Crippen LogP contribution in [0, 0.1) is 0 Å². The van der Waals surface area contributed by atoms with Crippen LogP contribution >= 0.6 is 0 Å². The number of pyridine rings is 2. The Morgan fingerprint density at radius 3 is 2.33 bits per heavy atom. The fourth-order valence-electron chi connectivity index (χ4n) is 3.35. The molecule has 0 unspecified atom stereocenters. The first kappa shape index (κ1) is 19.3. The van der Waals surface area contributed by atoms with E-state index < -0.39 is 0 Å². The third-order valence-corrected chi connectivity index (χ3v) is 4.80. The van der Waals surface area contributed by atoms with Crippen molar-refractivity contribution in [1.82, 2.24) is 14.9 Å². The molecule has 0 aliphatic rings. The molecule has 0 aliphatic heterocycles. The highest BCUT2D eigenvalue weighted by molar-refractivity contribution is 5.77. The number of nitrogens with zero attached hydrogens (tertiary/aromatic N) is 3. The van der Waals surface area contributed by atoms with Gasteiger partial charge < -0.3 is 10.6 Å². The molecule has 0 spiro atoms. The van der Waals surface area contributed by atoms with E-state index in [9.17, 15) is 0 Å². The predicted octanol–water partition coefficient (Wildman–Crippen LogP) is 4.60. The van der Waals surface area contributed by atoms with Gasteiger partial charge in [0.2, 0.25) is 0 Å². The average Bonchev–Trinajstić information content (AvgIpc) is 2.64. The van der Waals surface area contributed by atoms with Gasteiger partial charge in [0.1, 0.15) is 5.82 Å². The van der Waals surface area contributed by atoms with Crippen LogP contribution in [0.4, 0.5) is 5.82 Å². The number of hydrogen-bond acceptors (Lipinski definition) is 4. The number of aryl methyl sites for hydroxylation is 1. The molecule has 4 heteroatoms. The van der Waals surface area contributed by atoms with E-state index in [1.165, 1.54) is 24.0 Å². The number of benzene rings is 1. The second-order valence-electron chi connectivity index (χ2n) is 7.56. The maximum atomic E-state index is 6.14. The van der Waals surface area contributed by atoms with E-state index in [0.29, 0.717) is 5.82 Å². The van der Waals surface area contributed by atoms with E-state index in [0.717, 1.165) is 48.1 Å². The Hall–Kier alpha value is -2.46. The molecule has 0 saturated heterocycles. The number of hydrogen-bond donors (Lipinski definition) is 1. The minimum Gasteiger partial charge on any atom is -0.383 e. The third-order valence-electron chi connectivity index (χ3n) is 4.80. The molecule has 0 aliphatic carbocycles. The average molecular weight is 363 g/mol. The summed E-state index contributed by atoms with van der Waals surface area (Å²) in [6.07, 6.45) is 5.37. The lowest BCUT2D eigenvalue weighted by molar-refractivity contribution is 0.402. The molecule has 2 heterocycles. The number of rotatable bonds is 8. The zero-order valence-corrected chi connectivity index (χ0v) is 16.7. The zero-order chi connectivity index (χ0) is 19.2. The maximum absolute atomic E-state index is 6.14. The molecule has 0 amide bonds. The van der Waals surface area contributed by atoms with Gasteiger partial charge in [0.25, 0.3) is 0 Å². The van der Waals surface area contributed by atoms with Gasteiger partial charge in [-0.15, -0.1) is 0 Å². The summed E-state index contributed by atoms with van der Waals surface area (Å²) in [4.78, 5) is 11.6. The van der Waals surface area contributed by atoms with Gasteiger partial charge in [-0.05, 0) is 61.8 Å². The molecule has 27 heavy (non-hydrogen) atoms. The monoisotopic (exact) mass is 362 g/mol. The molecule has 0 atom stereocenters. The molecule has 0 saturated carbocycles. The second-order valence-corrected chi connectivity index (χ2v) is 7.56. The first-order valence-corrected chi connectivity index (χ1v) is 9.82. The summed E-state index contributed by atoms with van der Waals surface area (Å²) >= 11 is 0. The molecule has 1 aromatic carbocycles. The largest absolute Gasteiger partial charge is 0.383 e. The first-order valence-electron chi connectivity index (χ1n) is 9.82. The maximum Gasteiger partial charge on any atom is 0.127 e. The van der Waals surface area contributed by atoms with E-state index in [2.05, 4.69) is 67.3 Å². The van der Waals surface area contributed by atoms with Crippen molar-refractivity contribution in [2.45, 2.75) is 45.6 Å². The van der Waals surface area contributed by atoms with Crippen LogP contribution in [0.2, 0.25) is 0 Å². The minimum absolute atomic E-state index is 0.643. The second kappa shape index (κ2) is 8.96. The zero-order valence-electron chi connectivity index (χ0n) is 16.7. The van der Waals surface area contributed by atoms with E-state index in [1.54, 1.807) is 0 Å². The van der Waals surface area contributed by atoms with E-state index in [-0.39, 0.29) is 0 Å². The summed E-state index contributed by atoms with van der Waals surface area (Å²) in [5, 5.41) is 0. The molecule has 3 rings (SSSR count). The number of nitrogens with two attached hydrogens (primary N) is 1. The minimum atomic E-state index is 0.643. The van der Waals surface area contributed by atoms with Gasteiger partial charge in [0.05, 0.1) is 11.0 Å². The Balaban J connectivity index is 1.77. The Morgan fingerprint density at radius 1 is 0.889 bits per heavy atom. The molecule has 142 valence electrons. The van der Waals surface area contributed by atoms with Crippen molar-refractivity contribution in [2.75, 3.05) is 19.8 Å². The topological polar surface area (TPSA) is 55.0 Å². The summed E-state index contributed by atoms with van der Waals surface area (Å²) in [6.45, 7) is 3.17. The molecular formula is C23H30N4. The van der Waals surface area contributed by atoms with Crippen LogP contribution in [0.5, 0.6) is 0 Å². The highest BCUT2D eigenvalue weighted by Gasteiger charge is 2.07. The fraction of sp³-hybridized carbons (Fsp3) is 0.391. The lowest BCUT2D eigenvalue weighted by atomic mass is 10.1. The SMILES string of the molecule is CCCCCc1cc2nc(Cc3ccc(CN(C)C)cc3)ccc2nc1N. The van der Waals surface area contributed by atoms with E-state index in [1.807, 2.05) is 6.07 Å². The van der Waals surface area contributed by atoms with Crippen LogP contribution in [0.3, 0.4) is 0 Å². The number of unbranched alkanes of at least 4 members (excludes halogenated alkanes) is 2. The Morgan fingerprint density at radius 2 is 1.63 bits per heavy atom. The Kier molecular flexibility index (Phi) is 6.40. The number of nitrogen functional groups attached to an aromatic ring is 1. The van der Waals surface area contributed by atoms with Crippen molar-refractivity contribution in [3.8, 4) is 0 Å². The first-order chi connectivity index (χ1) is 13.0. The summed E-state index contributed by atoms with van der Waals surface area (Å²) in [5.74, 6) is 0.643. The quantitative estimate of drug-likeness (QED) is 0.595. The molecule has 3 aromatic rings. The van der Waals surface area contributed by atoms with Crippen LogP contribution in [0.25, 0.3) is 11.0 Å². The van der Waals surface area contributed by atoms with E-state index >= 15 is 0 Å². The summed E-state index contributed by atoms with van der Waals surface area (Å²) in [6, 6.07) is 15.0. The Labute approximate surface area is 162 Å². The van der Waals surface area contributed by atoms with Crippen molar-refractivity contribution in [1.29, 1.82) is 0 Å². The van der Waals surface area contributed by atoms with Crippen LogP contribution in [0.1, 0.15) is 48.6 Å². The summed E-state index contributed by atoms with van der Waals surface area (Å²) in [7, 11) is 4.18. The molecule has 0 fully saturated rings. The van der Waals surface area contributed by atoms with Crippen molar-refractivity contribution < 1.29 is 0 Å². The third kappa shape index (κ3) is 5.27. The lowest BCUT2D eigenvalue weighted by Crippen LogP contribution is -2.10. The number of aromatic nitrogens is 2. The molecule has 2 N–H and O–H groups in total. The van der Waals surface area contributed by atoms with Crippen molar-refractivity contribution in [3.63, 3.8) is 0 Å². The molecule has 2 aromatic heterocycles. The van der Waals surface area contributed by atoms with Crippen molar-refractivity contribution in [3.05, 3.63) is 64.8 Å². The number of fused-ring (bicyclic) bond motifs is 1. The smallest absolute Gasteiger partial charge is 0.127 e. The van der Waals surface area contributed by atoms with Gasteiger partial charge in [0.15, 0.2) is 0 Å². The molecule has 4 nitrogen and oxygen atoms in total. The van der Waals surface area contributed by atoms with Crippen molar-refractivity contribution in [2.24, 2.45) is 0 Å².